The molecule has 1 nitrogen and oxygen atoms in total. The summed E-state index contributed by atoms with van der Waals surface area (Å²) in [6, 6.07) is 10.5. The zero-order valence-electron chi connectivity index (χ0n) is 11.7. The third-order valence-corrected chi connectivity index (χ3v) is 3.94. The molecule has 1 saturated carbocycles. The number of hydrogen-bond donors (Lipinski definition) is 0. The van der Waals surface area contributed by atoms with Gasteiger partial charge in [-0.3, -0.25) is 0 Å². The molecular weight excluding hydrogens is 242 g/mol. The number of hydrogen-bond acceptors (Lipinski definition) is 1. The highest BCUT2D eigenvalue weighted by molar-refractivity contribution is 5.39. The molecule has 0 heterocycles. The van der Waals surface area contributed by atoms with Gasteiger partial charge in [-0.1, -0.05) is 30.0 Å². The van der Waals surface area contributed by atoms with Gasteiger partial charge in [0.25, 0.3) is 0 Å². The second-order valence-corrected chi connectivity index (χ2v) is 5.20. The molecular formula is C19H19N. The summed E-state index contributed by atoms with van der Waals surface area (Å²) in [5, 5.41) is 8.37. The van der Waals surface area contributed by atoms with Gasteiger partial charge in [0, 0.05) is 11.6 Å². The fourth-order valence-electron chi connectivity index (χ4n) is 2.73. The first kappa shape index (κ1) is 14.2. The largest absolute Gasteiger partial charge is 0.193 e. The first-order valence-electron chi connectivity index (χ1n) is 7.12. The lowest BCUT2D eigenvalue weighted by Crippen LogP contribution is -2.11. The zero-order chi connectivity index (χ0) is 14.2. The van der Waals surface area contributed by atoms with Gasteiger partial charge in [-0.25, -0.2) is 0 Å². The van der Waals surface area contributed by atoms with E-state index >= 15 is 0 Å². The van der Waals surface area contributed by atoms with Crippen LogP contribution in [0.3, 0.4) is 0 Å². The molecule has 0 bridgehead atoms. The Kier molecular flexibility index (Phi) is 5.22. The molecule has 0 aliphatic heterocycles. The molecule has 0 amide bonds. The summed E-state index contributed by atoms with van der Waals surface area (Å²) < 4.78 is 0. The average Bonchev–Trinajstić information content (AvgIpc) is 2.52. The van der Waals surface area contributed by atoms with Crippen molar-refractivity contribution in [2.24, 2.45) is 5.92 Å². The summed E-state index contributed by atoms with van der Waals surface area (Å²) >= 11 is 0. The zero-order valence-corrected chi connectivity index (χ0v) is 11.7. The van der Waals surface area contributed by atoms with Crippen LogP contribution in [0.2, 0.25) is 0 Å². The highest BCUT2D eigenvalue weighted by Gasteiger charge is 2.20. The maximum atomic E-state index is 8.37. The van der Waals surface area contributed by atoms with E-state index in [1.165, 1.54) is 37.3 Å². The van der Waals surface area contributed by atoms with Gasteiger partial charge >= 0.3 is 0 Å². The summed E-state index contributed by atoms with van der Waals surface area (Å²) in [7, 11) is 0. The van der Waals surface area contributed by atoms with Crippen LogP contribution >= 0.6 is 0 Å². The van der Waals surface area contributed by atoms with E-state index in [-0.39, 0.29) is 0 Å². The minimum atomic E-state index is 0.687. The SMILES string of the molecule is C=CC1CCC(c2ccc(C#CC=CC#N)cc2)CC1. The summed E-state index contributed by atoms with van der Waals surface area (Å²) in [6.07, 6.45) is 10.1. The lowest BCUT2D eigenvalue weighted by Gasteiger charge is -2.26. The van der Waals surface area contributed by atoms with Gasteiger partial charge in [-0.05, 0) is 61.3 Å². The van der Waals surface area contributed by atoms with E-state index in [9.17, 15) is 0 Å². The topological polar surface area (TPSA) is 23.8 Å². The summed E-state index contributed by atoms with van der Waals surface area (Å²) in [4.78, 5) is 0. The van der Waals surface area contributed by atoms with Crippen molar-refractivity contribution in [3.63, 3.8) is 0 Å². The van der Waals surface area contributed by atoms with Crippen LogP contribution in [0, 0.1) is 29.1 Å². The maximum absolute atomic E-state index is 8.37. The van der Waals surface area contributed by atoms with Crippen LogP contribution < -0.4 is 0 Å². The third kappa shape index (κ3) is 3.87. The number of nitriles is 1. The van der Waals surface area contributed by atoms with E-state index in [1.54, 1.807) is 6.08 Å². The van der Waals surface area contributed by atoms with E-state index < -0.39 is 0 Å². The van der Waals surface area contributed by atoms with Gasteiger partial charge in [-0.15, -0.1) is 6.58 Å². The van der Waals surface area contributed by atoms with Crippen LogP contribution in [0.25, 0.3) is 0 Å². The molecule has 0 unspecified atom stereocenters. The molecule has 1 aliphatic carbocycles. The molecule has 1 aromatic carbocycles. The molecule has 0 N–H and O–H groups in total. The van der Waals surface area contributed by atoms with Gasteiger partial charge < -0.3 is 0 Å². The van der Waals surface area contributed by atoms with Crippen molar-refractivity contribution in [3.8, 4) is 17.9 Å². The predicted octanol–water partition coefficient (Wildman–Crippen LogP) is 4.58. The molecule has 100 valence electrons. The van der Waals surface area contributed by atoms with Crippen molar-refractivity contribution in [1.29, 1.82) is 5.26 Å². The Morgan fingerprint density at radius 3 is 2.35 bits per heavy atom. The van der Waals surface area contributed by atoms with Gasteiger partial charge in [0.15, 0.2) is 0 Å². The quantitative estimate of drug-likeness (QED) is 0.434. The average molecular weight is 261 g/mol. The fraction of sp³-hybridized carbons (Fsp3) is 0.316. The van der Waals surface area contributed by atoms with Crippen LogP contribution in [0.15, 0.2) is 49.1 Å². The Balaban J connectivity index is 1.98. The third-order valence-electron chi connectivity index (χ3n) is 3.94. The molecule has 2 rings (SSSR count). The lowest BCUT2D eigenvalue weighted by molar-refractivity contribution is 0.376. The number of benzene rings is 1. The fourth-order valence-corrected chi connectivity index (χ4v) is 2.73. The van der Waals surface area contributed by atoms with Crippen LogP contribution in [0.4, 0.5) is 0 Å². The van der Waals surface area contributed by atoms with Crippen LogP contribution in [-0.2, 0) is 0 Å². The smallest absolute Gasteiger partial charge is 0.0918 e. The monoisotopic (exact) mass is 261 g/mol. The van der Waals surface area contributed by atoms with Crippen molar-refractivity contribution in [2.75, 3.05) is 0 Å². The molecule has 0 radical (unpaired) electrons. The van der Waals surface area contributed by atoms with E-state index in [4.69, 9.17) is 5.26 Å². The standard InChI is InChI=1S/C19H19N/c1-2-16-7-11-18(12-8-16)19-13-9-17(10-14-19)6-4-3-5-15-20/h2-3,5,9-10,13-14,16,18H,1,7-8,11-12H2. The molecule has 20 heavy (non-hydrogen) atoms. The Morgan fingerprint density at radius 2 is 1.75 bits per heavy atom. The maximum Gasteiger partial charge on any atom is 0.0918 e. The molecule has 0 atom stereocenters. The summed E-state index contributed by atoms with van der Waals surface area (Å²) in [5.74, 6) is 7.27. The van der Waals surface area contributed by atoms with Crippen LogP contribution in [-0.4, -0.2) is 0 Å². The normalized spacial score (nSPS) is 21.8. The molecule has 0 spiro atoms. The first-order valence-corrected chi connectivity index (χ1v) is 7.12. The van der Waals surface area contributed by atoms with E-state index in [2.05, 4.69) is 48.8 Å². The molecule has 0 saturated heterocycles. The van der Waals surface area contributed by atoms with Gasteiger partial charge in [0.2, 0.25) is 0 Å². The Morgan fingerprint density at radius 1 is 1.05 bits per heavy atom. The van der Waals surface area contributed by atoms with Crippen LogP contribution in [0.1, 0.15) is 42.7 Å². The van der Waals surface area contributed by atoms with E-state index in [0.717, 1.165) is 5.56 Å². The van der Waals surface area contributed by atoms with Crippen molar-refractivity contribution in [1.82, 2.24) is 0 Å². The van der Waals surface area contributed by atoms with Gasteiger partial charge in [-0.2, -0.15) is 5.26 Å². The Hall–Kier alpha value is -2.25. The highest BCUT2D eigenvalue weighted by atomic mass is 14.2. The lowest BCUT2D eigenvalue weighted by atomic mass is 9.79. The molecule has 1 heteroatoms. The minimum Gasteiger partial charge on any atom is -0.193 e. The Labute approximate surface area is 121 Å². The van der Waals surface area contributed by atoms with E-state index in [1.807, 2.05) is 6.07 Å². The van der Waals surface area contributed by atoms with Crippen molar-refractivity contribution in [3.05, 3.63) is 60.2 Å². The highest BCUT2D eigenvalue weighted by Crippen LogP contribution is 2.36. The number of nitrogens with zero attached hydrogens (tertiary/aromatic N) is 1. The van der Waals surface area contributed by atoms with Crippen molar-refractivity contribution < 1.29 is 0 Å². The van der Waals surface area contributed by atoms with Gasteiger partial charge in [0.1, 0.15) is 0 Å². The molecule has 0 aromatic heterocycles. The minimum absolute atomic E-state index is 0.687. The number of rotatable bonds is 2. The predicted molar refractivity (Wildman–Crippen MR) is 83.0 cm³/mol. The van der Waals surface area contributed by atoms with Gasteiger partial charge in [0.05, 0.1) is 6.07 Å². The summed E-state index contributed by atoms with van der Waals surface area (Å²) in [5.41, 5.74) is 2.42. The van der Waals surface area contributed by atoms with Crippen molar-refractivity contribution >= 4 is 0 Å². The second-order valence-electron chi connectivity index (χ2n) is 5.20. The number of allylic oxidation sites excluding steroid dienone is 3. The van der Waals surface area contributed by atoms with Crippen molar-refractivity contribution in [2.45, 2.75) is 31.6 Å². The second kappa shape index (κ2) is 7.37. The molecule has 1 aromatic rings. The molecule has 1 aliphatic rings. The summed E-state index contributed by atoms with van der Waals surface area (Å²) in [6.45, 7) is 3.89. The Bertz CT molecular complexity index is 567. The molecule has 1 fully saturated rings. The van der Waals surface area contributed by atoms with Crippen LogP contribution in [0.5, 0.6) is 0 Å². The van der Waals surface area contributed by atoms with E-state index in [0.29, 0.717) is 11.8 Å². The first-order chi connectivity index (χ1) is 9.83.